The largest absolute Gasteiger partial charge is 0.488 e. The maximum absolute atomic E-state index is 9.38. The molecule has 7 heteroatoms. The number of ether oxygens (including phenoxy) is 4. The number of thiophene rings is 1. The molecule has 0 fully saturated rings. The topological polar surface area (TPSA) is 77.4 Å². The number of hydrogen-bond donors (Lipinski definition) is 2. The fourth-order valence-electron chi connectivity index (χ4n) is 1.96. The minimum atomic E-state index is -0.647. The molecule has 0 saturated carbocycles. The molecule has 2 N–H and O–H groups in total. The van der Waals surface area contributed by atoms with Gasteiger partial charge in [-0.25, -0.2) is 0 Å². The molecule has 1 aliphatic heterocycles. The third kappa shape index (κ3) is 5.06. The molecular weight excluding hydrogens is 320 g/mol. The summed E-state index contributed by atoms with van der Waals surface area (Å²) in [6, 6.07) is 0. The summed E-state index contributed by atoms with van der Waals surface area (Å²) in [6.45, 7) is 6.77. The van der Waals surface area contributed by atoms with Gasteiger partial charge in [-0.15, -0.1) is 11.3 Å². The Morgan fingerprint density at radius 3 is 2.35 bits per heavy atom. The summed E-state index contributed by atoms with van der Waals surface area (Å²) < 4.78 is 23.3. The quantitative estimate of drug-likeness (QED) is 0.746. The molecule has 132 valence electrons. The van der Waals surface area contributed by atoms with E-state index in [1.807, 2.05) is 24.6 Å². The van der Waals surface area contributed by atoms with Crippen molar-refractivity contribution in [3.63, 3.8) is 0 Å². The first-order valence-electron chi connectivity index (χ1n) is 7.69. The Kier molecular flexibility index (Phi) is 6.27. The average molecular weight is 346 g/mol. The third-order valence-corrected chi connectivity index (χ3v) is 4.44. The normalized spacial score (nSPS) is 18.5. The van der Waals surface area contributed by atoms with Gasteiger partial charge in [0, 0.05) is 10.8 Å². The van der Waals surface area contributed by atoms with E-state index in [-0.39, 0.29) is 19.3 Å². The second-order valence-corrected chi connectivity index (χ2v) is 7.43. The fraction of sp³-hybridized carbons (Fsp3) is 0.750. The second-order valence-electron chi connectivity index (χ2n) is 6.69. The van der Waals surface area contributed by atoms with Gasteiger partial charge in [0.25, 0.3) is 0 Å². The van der Waals surface area contributed by atoms with Crippen molar-refractivity contribution in [2.24, 2.45) is 5.41 Å². The van der Waals surface area contributed by atoms with Crippen LogP contribution < -0.4 is 9.47 Å². The third-order valence-electron chi connectivity index (χ3n) is 3.74. The van der Waals surface area contributed by atoms with Crippen molar-refractivity contribution in [3.05, 3.63) is 10.8 Å². The summed E-state index contributed by atoms with van der Waals surface area (Å²) in [4.78, 5) is 0. The second kappa shape index (κ2) is 7.81. The molecule has 23 heavy (non-hydrogen) atoms. The molecule has 2 heterocycles. The average Bonchev–Trinajstić information content (AvgIpc) is 2.94. The molecule has 6 nitrogen and oxygen atoms in total. The Bertz CT molecular complexity index is 464. The van der Waals surface area contributed by atoms with Gasteiger partial charge in [0.15, 0.2) is 11.5 Å². The Morgan fingerprint density at radius 2 is 1.83 bits per heavy atom. The predicted octanol–water partition coefficient (Wildman–Crippen LogP) is 1.69. The minimum absolute atomic E-state index is 0.0479. The first-order chi connectivity index (χ1) is 10.9. The van der Waals surface area contributed by atoms with Crippen LogP contribution in [0, 0.1) is 5.41 Å². The molecule has 0 spiro atoms. The molecule has 1 unspecified atom stereocenters. The van der Waals surface area contributed by atoms with E-state index in [9.17, 15) is 5.11 Å². The zero-order chi connectivity index (χ0) is 16.9. The van der Waals surface area contributed by atoms with Crippen LogP contribution in [0.5, 0.6) is 11.5 Å². The van der Waals surface area contributed by atoms with E-state index < -0.39 is 11.0 Å². The van der Waals surface area contributed by atoms with Gasteiger partial charge in [-0.05, 0) is 20.8 Å². The van der Waals surface area contributed by atoms with E-state index in [1.54, 1.807) is 6.92 Å². The number of rotatable bonds is 8. The fourth-order valence-corrected chi connectivity index (χ4v) is 2.65. The maximum Gasteiger partial charge on any atom is 0.171 e. The smallest absolute Gasteiger partial charge is 0.171 e. The Hall–Kier alpha value is -0.860. The van der Waals surface area contributed by atoms with Crippen molar-refractivity contribution < 1.29 is 29.2 Å². The minimum Gasteiger partial charge on any atom is -0.488 e. The van der Waals surface area contributed by atoms with Crippen molar-refractivity contribution in [2.45, 2.75) is 32.5 Å². The van der Waals surface area contributed by atoms with E-state index >= 15 is 0 Å². The lowest BCUT2D eigenvalue weighted by Crippen LogP contribution is -2.46. The molecule has 0 saturated heterocycles. The highest BCUT2D eigenvalue weighted by atomic mass is 32.1. The van der Waals surface area contributed by atoms with Gasteiger partial charge in [-0.1, -0.05) is 0 Å². The Morgan fingerprint density at radius 1 is 1.22 bits per heavy atom. The molecule has 1 aliphatic rings. The molecule has 1 atom stereocenters. The summed E-state index contributed by atoms with van der Waals surface area (Å²) in [5.74, 6) is 1.46. The molecule has 1 aromatic heterocycles. The summed E-state index contributed by atoms with van der Waals surface area (Å²) in [5.41, 5.74) is -1.15. The lowest BCUT2D eigenvalue weighted by molar-refractivity contribution is -0.131. The van der Waals surface area contributed by atoms with Crippen LogP contribution in [-0.2, 0) is 9.47 Å². The van der Waals surface area contributed by atoms with Crippen molar-refractivity contribution in [2.75, 3.05) is 39.6 Å². The molecule has 0 radical (unpaired) electrons. The highest BCUT2D eigenvalue weighted by Gasteiger charge is 2.38. The summed E-state index contributed by atoms with van der Waals surface area (Å²) >= 11 is 1.53. The van der Waals surface area contributed by atoms with Crippen LogP contribution in [0.4, 0.5) is 0 Å². The molecule has 1 aromatic rings. The summed E-state index contributed by atoms with van der Waals surface area (Å²) in [6.07, 6.45) is -0.269. The lowest BCUT2D eigenvalue weighted by Gasteiger charge is -2.35. The zero-order valence-corrected chi connectivity index (χ0v) is 14.7. The van der Waals surface area contributed by atoms with Crippen LogP contribution in [0.3, 0.4) is 0 Å². The van der Waals surface area contributed by atoms with E-state index in [4.69, 9.17) is 24.1 Å². The van der Waals surface area contributed by atoms with Crippen molar-refractivity contribution in [1.29, 1.82) is 0 Å². The van der Waals surface area contributed by atoms with Gasteiger partial charge in [0.2, 0.25) is 0 Å². The predicted molar refractivity (Wildman–Crippen MR) is 87.4 cm³/mol. The van der Waals surface area contributed by atoms with Gasteiger partial charge in [0.1, 0.15) is 13.2 Å². The van der Waals surface area contributed by atoms with E-state index in [0.29, 0.717) is 26.4 Å². The summed E-state index contributed by atoms with van der Waals surface area (Å²) in [7, 11) is 0. The van der Waals surface area contributed by atoms with Crippen molar-refractivity contribution in [1.82, 2.24) is 0 Å². The van der Waals surface area contributed by atoms with Crippen LogP contribution in [0.1, 0.15) is 20.8 Å². The lowest BCUT2D eigenvalue weighted by atomic mass is 9.91. The van der Waals surface area contributed by atoms with Gasteiger partial charge in [-0.3, -0.25) is 0 Å². The Labute approximate surface area is 140 Å². The number of aliphatic hydroxyl groups is 2. The standard InChI is InChI=1S/C16H26O6S/c1-12(4-17)19-8-16(11-22-15(2,3)7-18)9-20-13-5-23-6-14(13)21-10-16/h5-6,12,17-18H,4,7-11H2,1-3H3. The van der Waals surface area contributed by atoms with Crippen LogP contribution in [0.15, 0.2) is 10.8 Å². The molecule has 2 rings (SSSR count). The van der Waals surface area contributed by atoms with Gasteiger partial charge < -0.3 is 29.2 Å². The summed E-state index contributed by atoms with van der Waals surface area (Å²) in [5, 5.41) is 22.3. The highest BCUT2D eigenvalue weighted by molar-refractivity contribution is 7.08. The van der Waals surface area contributed by atoms with Crippen molar-refractivity contribution >= 4 is 11.3 Å². The van der Waals surface area contributed by atoms with E-state index in [1.165, 1.54) is 11.3 Å². The van der Waals surface area contributed by atoms with Crippen LogP contribution in [0.2, 0.25) is 0 Å². The molecule has 0 bridgehead atoms. The number of hydrogen-bond acceptors (Lipinski definition) is 7. The van der Waals surface area contributed by atoms with Gasteiger partial charge >= 0.3 is 0 Å². The van der Waals surface area contributed by atoms with Crippen molar-refractivity contribution in [3.8, 4) is 11.5 Å². The highest BCUT2D eigenvalue weighted by Crippen LogP contribution is 2.37. The molecular formula is C16H26O6S. The van der Waals surface area contributed by atoms with Crippen LogP contribution in [0.25, 0.3) is 0 Å². The first kappa shape index (κ1) is 18.5. The monoisotopic (exact) mass is 346 g/mol. The maximum atomic E-state index is 9.38. The molecule has 0 aromatic carbocycles. The van der Waals surface area contributed by atoms with Crippen LogP contribution in [-0.4, -0.2) is 61.6 Å². The van der Waals surface area contributed by atoms with E-state index in [2.05, 4.69) is 0 Å². The number of aliphatic hydroxyl groups excluding tert-OH is 2. The SMILES string of the molecule is CC(CO)OCC1(COC(C)(C)CO)COc2cscc2OC1. The first-order valence-corrected chi connectivity index (χ1v) is 8.63. The zero-order valence-electron chi connectivity index (χ0n) is 13.9. The molecule has 0 aliphatic carbocycles. The van der Waals surface area contributed by atoms with E-state index in [0.717, 1.165) is 11.5 Å². The van der Waals surface area contributed by atoms with Gasteiger partial charge in [0.05, 0.1) is 43.5 Å². The molecule has 0 amide bonds. The number of fused-ring (bicyclic) bond motifs is 1. The van der Waals surface area contributed by atoms with Crippen LogP contribution >= 0.6 is 11.3 Å². The van der Waals surface area contributed by atoms with Gasteiger partial charge in [-0.2, -0.15) is 0 Å². The Balaban J connectivity index is 2.06.